The molecule has 196 valence electrons. The molecule has 0 aromatic heterocycles. The van der Waals surface area contributed by atoms with Crippen LogP contribution >= 0.6 is 23.8 Å². The Morgan fingerprint density at radius 1 is 1.00 bits per heavy atom. The standard InChI is InChI=1S/C26H29ClN4O5S/c1-3-5-6-7-22(32)29-31-21(24(34)30(26(31)37)20-14-10-18(27)11-15-20)16-23(33)28-19-12-8-17(9-13-19)25(35)36-4-2/h8-15,21H,3-7,16H2,1-2H3,(H,28,33)(H,29,32). The molecular weight excluding hydrogens is 516 g/mol. The number of hydrazine groups is 1. The maximum absolute atomic E-state index is 13.4. The molecule has 3 amide bonds. The first kappa shape index (κ1) is 28.1. The summed E-state index contributed by atoms with van der Waals surface area (Å²) in [6.07, 6.45) is 2.56. The molecule has 0 spiro atoms. The van der Waals surface area contributed by atoms with Gasteiger partial charge in [0.15, 0.2) is 0 Å². The molecule has 2 N–H and O–H groups in total. The fourth-order valence-corrected chi connectivity index (χ4v) is 4.24. The number of amides is 3. The molecule has 1 unspecified atom stereocenters. The predicted molar refractivity (Wildman–Crippen MR) is 145 cm³/mol. The summed E-state index contributed by atoms with van der Waals surface area (Å²) in [4.78, 5) is 52.0. The third kappa shape index (κ3) is 7.27. The highest BCUT2D eigenvalue weighted by Crippen LogP contribution is 2.27. The van der Waals surface area contributed by atoms with Gasteiger partial charge in [0.1, 0.15) is 6.04 Å². The van der Waals surface area contributed by atoms with Crippen LogP contribution in [0.5, 0.6) is 0 Å². The van der Waals surface area contributed by atoms with Gasteiger partial charge in [-0.2, -0.15) is 0 Å². The zero-order valence-electron chi connectivity index (χ0n) is 20.7. The predicted octanol–water partition coefficient (Wildman–Crippen LogP) is 4.46. The van der Waals surface area contributed by atoms with Crippen LogP contribution in [0.25, 0.3) is 0 Å². The Labute approximate surface area is 226 Å². The molecule has 0 radical (unpaired) electrons. The molecule has 2 aromatic carbocycles. The quantitative estimate of drug-likeness (QED) is 0.244. The van der Waals surface area contributed by atoms with E-state index in [1.54, 1.807) is 43.3 Å². The summed E-state index contributed by atoms with van der Waals surface area (Å²) < 4.78 is 4.96. The lowest BCUT2D eigenvalue weighted by molar-refractivity contribution is -0.129. The number of ether oxygens (including phenoxy) is 1. The number of benzene rings is 2. The normalized spacial score (nSPS) is 15.1. The summed E-state index contributed by atoms with van der Waals surface area (Å²) in [5.74, 6) is -1.67. The lowest BCUT2D eigenvalue weighted by Crippen LogP contribution is -2.49. The van der Waals surface area contributed by atoms with Gasteiger partial charge in [0.25, 0.3) is 5.91 Å². The number of rotatable bonds is 11. The van der Waals surface area contributed by atoms with Crippen molar-refractivity contribution in [1.29, 1.82) is 0 Å². The van der Waals surface area contributed by atoms with E-state index in [0.717, 1.165) is 12.8 Å². The van der Waals surface area contributed by atoms with Crippen molar-refractivity contribution in [2.45, 2.75) is 52.0 Å². The molecule has 1 fully saturated rings. The SMILES string of the molecule is CCCCCC(=O)NN1C(=S)N(c2ccc(Cl)cc2)C(=O)C1CC(=O)Nc1ccc(C(=O)OCC)cc1. The van der Waals surface area contributed by atoms with E-state index in [9.17, 15) is 19.2 Å². The lowest BCUT2D eigenvalue weighted by Gasteiger charge is -2.24. The Kier molecular flexibility index (Phi) is 9.99. The molecule has 1 aliphatic rings. The Balaban J connectivity index is 1.76. The molecule has 37 heavy (non-hydrogen) atoms. The monoisotopic (exact) mass is 544 g/mol. The summed E-state index contributed by atoms with van der Waals surface area (Å²) in [6.45, 7) is 4.01. The van der Waals surface area contributed by atoms with E-state index in [1.165, 1.54) is 22.0 Å². The molecule has 3 rings (SSSR count). The Morgan fingerprint density at radius 3 is 2.30 bits per heavy atom. The second-order valence-electron chi connectivity index (χ2n) is 8.36. The molecule has 0 bridgehead atoms. The zero-order chi connectivity index (χ0) is 26.9. The van der Waals surface area contributed by atoms with Crippen molar-refractivity contribution in [3.8, 4) is 0 Å². The number of nitrogens with one attached hydrogen (secondary N) is 2. The van der Waals surface area contributed by atoms with Crippen LogP contribution in [0.3, 0.4) is 0 Å². The number of thiocarbonyl (C=S) groups is 1. The molecule has 1 saturated heterocycles. The van der Waals surface area contributed by atoms with Crippen LogP contribution in [0.2, 0.25) is 5.02 Å². The number of carbonyl (C=O) groups excluding carboxylic acids is 4. The molecule has 2 aromatic rings. The smallest absolute Gasteiger partial charge is 0.338 e. The minimum atomic E-state index is -1.04. The Bertz CT molecular complexity index is 1160. The highest BCUT2D eigenvalue weighted by atomic mass is 35.5. The average Bonchev–Trinajstić information content (AvgIpc) is 3.09. The second kappa shape index (κ2) is 13.2. The van der Waals surface area contributed by atoms with Gasteiger partial charge in [0.2, 0.25) is 16.9 Å². The maximum atomic E-state index is 13.4. The van der Waals surface area contributed by atoms with Crippen LogP contribution < -0.4 is 15.6 Å². The summed E-state index contributed by atoms with van der Waals surface area (Å²) in [5, 5.41) is 4.56. The molecule has 1 aliphatic heterocycles. The molecule has 1 atom stereocenters. The van der Waals surface area contributed by atoms with E-state index in [1.807, 2.05) is 6.92 Å². The third-order valence-corrected chi connectivity index (χ3v) is 6.24. The van der Waals surface area contributed by atoms with Crippen molar-refractivity contribution < 1.29 is 23.9 Å². The largest absolute Gasteiger partial charge is 0.462 e. The van der Waals surface area contributed by atoms with Crippen molar-refractivity contribution in [3.05, 3.63) is 59.1 Å². The van der Waals surface area contributed by atoms with Gasteiger partial charge in [-0.05, 0) is 74.1 Å². The van der Waals surface area contributed by atoms with E-state index in [0.29, 0.717) is 28.4 Å². The van der Waals surface area contributed by atoms with E-state index in [-0.39, 0.29) is 30.5 Å². The summed E-state index contributed by atoms with van der Waals surface area (Å²) in [6, 6.07) is 11.7. The molecule has 9 nitrogen and oxygen atoms in total. The fourth-order valence-electron chi connectivity index (χ4n) is 3.74. The summed E-state index contributed by atoms with van der Waals surface area (Å²) in [7, 11) is 0. The zero-order valence-corrected chi connectivity index (χ0v) is 22.2. The van der Waals surface area contributed by atoms with Crippen LogP contribution in [-0.2, 0) is 19.1 Å². The van der Waals surface area contributed by atoms with Gasteiger partial charge >= 0.3 is 5.97 Å². The Morgan fingerprint density at radius 2 is 1.68 bits per heavy atom. The van der Waals surface area contributed by atoms with Gasteiger partial charge in [-0.3, -0.25) is 24.7 Å². The van der Waals surface area contributed by atoms with Crippen molar-refractivity contribution in [2.75, 3.05) is 16.8 Å². The minimum absolute atomic E-state index is 0.0627. The van der Waals surface area contributed by atoms with E-state index in [2.05, 4.69) is 10.7 Å². The third-order valence-electron chi connectivity index (χ3n) is 5.61. The first-order valence-corrected chi connectivity index (χ1v) is 12.8. The topological polar surface area (TPSA) is 108 Å². The van der Waals surface area contributed by atoms with Gasteiger partial charge in [0, 0.05) is 17.1 Å². The van der Waals surface area contributed by atoms with Gasteiger partial charge < -0.3 is 10.1 Å². The molecule has 11 heteroatoms. The first-order valence-electron chi connectivity index (χ1n) is 12.0. The number of unbranched alkanes of at least 4 members (excludes halogenated alkanes) is 2. The number of halogens is 1. The molecule has 0 saturated carbocycles. The second-order valence-corrected chi connectivity index (χ2v) is 9.16. The first-order chi connectivity index (χ1) is 17.7. The summed E-state index contributed by atoms with van der Waals surface area (Å²) in [5.41, 5.74) is 3.98. The highest BCUT2D eigenvalue weighted by Gasteiger charge is 2.45. The van der Waals surface area contributed by atoms with E-state index in [4.69, 9.17) is 28.6 Å². The number of hydrogen-bond acceptors (Lipinski definition) is 6. The van der Waals surface area contributed by atoms with Gasteiger partial charge in [-0.25, -0.2) is 9.80 Å². The van der Waals surface area contributed by atoms with Crippen LogP contribution in [0.15, 0.2) is 48.5 Å². The highest BCUT2D eigenvalue weighted by molar-refractivity contribution is 7.80. The van der Waals surface area contributed by atoms with Crippen LogP contribution in [-0.4, -0.2) is 46.5 Å². The number of nitrogens with zero attached hydrogens (tertiary/aromatic N) is 2. The lowest BCUT2D eigenvalue weighted by atomic mass is 10.1. The molecule has 1 heterocycles. The van der Waals surface area contributed by atoms with Crippen molar-refractivity contribution in [3.63, 3.8) is 0 Å². The average molecular weight is 545 g/mol. The van der Waals surface area contributed by atoms with Crippen LogP contribution in [0.1, 0.15) is 56.3 Å². The minimum Gasteiger partial charge on any atom is -0.462 e. The van der Waals surface area contributed by atoms with Crippen LogP contribution in [0.4, 0.5) is 11.4 Å². The van der Waals surface area contributed by atoms with Crippen molar-refractivity contribution >= 4 is 64.0 Å². The Hall–Kier alpha value is -3.50. The summed E-state index contributed by atoms with van der Waals surface area (Å²) >= 11 is 11.5. The number of hydrogen-bond donors (Lipinski definition) is 2. The van der Waals surface area contributed by atoms with E-state index >= 15 is 0 Å². The van der Waals surface area contributed by atoms with Crippen LogP contribution in [0, 0.1) is 0 Å². The van der Waals surface area contributed by atoms with Crippen molar-refractivity contribution in [2.24, 2.45) is 0 Å². The number of anilines is 2. The fraction of sp³-hybridized carbons (Fsp3) is 0.346. The van der Waals surface area contributed by atoms with Gasteiger partial charge in [0.05, 0.1) is 24.3 Å². The van der Waals surface area contributed by atoms with Crippen molar-refractivity contribution in [1.82, 2.24) is 10.4 Å². The van der Waals surface area contributed by atoms with E-state index < -0.39 is 23.8 Å². The molecular formula is C26H29ClN4O5S. The number of esters is 1. The molecule has 0 aliphatic carbocycles. The number of carbonyl (C=O) groups is 4. The van der Waals surface area contributed by atoms with Gasteiger partial charge in [-0.1, -0.05) is 31.4 Å². The van der Waals surface area contributed by atoms with Gasteiger partial charge in [-0.15, -0.1) is 0 Å². The maximum Gasteiger partial charge on any atom is 0.338 e.